The monoisotopic (exact) mass is 1330 g/mol. The quantitative estimate of drug-likeness (QED) is 0.0667. The van der Waals surface area contributed by atoms with E-state index in [-0.39, 0.29) is 0 Å². The molecule has 16 rings (SSSR count). The number of nitrogens with one attached hydrogen (secondary N) is 2. The third kappa shape index (κ3) is 12.0. The van der Waals surface area contributed by atoms with Crippen LogP contribution in [0.3, 0.4) is 0 Å². The molecule has 1 aromatic heterocycles. The SMILES string of the molecule is CC1=CC(C)CC(C)=C1c1ccc(-c2ccc3c(c2)c2cc(-c4ccc(-c5c(C)cc(C)cc5C)cc4)ccc2n3-c2ccc(C3=CC=C(N(c4ccc(-c5ccccc5)cc4)c4ccc(-c5ccc(C(c6ccccc6)(c6ccccc6)c6ccccc6)cc5)cc4)C(NS)C3=N)cc2)cc1. The van der Waals surface area contributed by atoms with Gasteiger partial charge in [-0.2, -0.15) is 0 Å². The third-order valence-corrected chi connectivity index (χ3v) is 21.4. The second-order valence-electron chi connectivity index (χ2n) is 27.8. The average Bonchev–Trinajstić information content (AvgIpc) is 1.12. The van der Waals surface area contributed by atoms with Gasteiger partial charge in [0.1, 0.15) is 0 Å². The van der Waals surface area contributed by atoms with Gasteiger partial charge < -0.3 is 14.9 Å². The first-order chi connectivity index (χ1) is 49.9. The molecule has 13 aromatic carbocycles. The van der Waals surface area contributed by atoms with E-state index in [1.165, 1.54) is 105 Å². The highest BCUT2D eigenvalue weighted by Gasteiger charge is 2.38. The Morgan fingerprint density at radius 3 is 1.27 bits per heavy atom. The van der Waals surface area contributed by atoms with Crippen LogP contribution in [-0.4, -0.2) is 16.3 Å². The van der Waals surface area contributed by atoms with Crippen molar-refractivity contribution in [1.82, 2.24) is 9.29 Å². The molecule has 0 fully saturated rings. The van der Waals surface area contributed by atoms with Crippen molar-refractivity contribution in [1.29, 1.82) is 5.41 Å². The van der Waals surface area contributed by atoms with Gasteiger partial charge in [-0.3, -0.25) is 4.72 Å². The number of benzene rings is 13. The molecule has 0 saturated carbocycles. The fourth-order valence-electron chi connectivity index (χ4n) is 16.6. The number of aromatic nitrogens is 1. The zero-order valence-corrected chi connectivity index (χ0v) is 59.4. The molecule has 1 heterocycles. The molecular formula is C97H80N4S. The maximum atomic E-state index is 10.1. The minimum absolute atomic E-state index is 0.421. The molecule has 5 heteroatoms. The normalized spacial score (nSPS) is 14.8. The Morgan fingerprint density at radius 2 is 0.804 bits per heavy atom. The maximum absolute atomic E-state index is 10.1. The number of hydrogen-bond donors (Lipinski definition) is 3. The molecule has 0 aliphatic heterocycles. The van der Waals surface area contributed by atoms with Crippen molar-refractivity contribution < 1.29 is 0 Å². The molecule has 2 unspecified atom stereocenters. The standard InChI is InChI=1S/C97H80N4S/c1-63-57-65(3)93(66(4)58-63)76-31-27-73(28-32-76)78-43-54-90-88(61-78)89-62-79(74-29-33-77(34-30-74)94-67(5)59-64(2)60-68(94)6)44-55-91(89)101(90)86-51-41-75(42-52-86)87-53-56-92(96(99-102)95(87)98)100(84-47-37-71(38-48-84)69-19-11-7-12-20-69)85-49-39-72(40-50-85)70-35-45-83(46-36-70)97(80-21-13-8-14-22-80,81-23-15-9-16-24-81)82-25-17-10-18-26-82/h7-59,61-62,64,96,98-99,102H,60H2,1-6H3. The van der Waals surface area contributed by atoms with Crippen LogP contribution in [0.5, 0.6) is 0 Å². The Hall–Kier alpha value is -11.6. The number of fused-ring (bicyclic) bond motifs is 3. The summed E-state index contributed by atoms with van der Waals surface area (Å²) < 4.78 is 5.71. The van der Waals surface area contributed by atoms with Crippen molar-refractivity contribution in [2.75, 3.05) is 4.90 Å². The van der Waals surface area contributed by atoms with Gasteiger partial charge >= 0.3 is 0 Å². The number of rotatable bonds is 16. The summed E-state index contributed by atoms with van der Waals surface area (Å²) in [6, 6.07) is 115. The lowest BCUT2D eigenvalue weighted by Gasteiger charge is -2.37. The number of thiol groups is 1. The Kier molecular flexibility index (Phi) is 17.5. The van der Waals surface area contributed by atoms with Crippen LogP contribution in [0.2, 0.25) is 0 Å². The van der Waals surface area contributed by atoms with Gasteiger partial charge in [0.05, 0.1) is 28.2 Å². The summed E-state index contributed by atoms with van der Waals surface area (Å²) >= 11 is 4.84. The first-order valence-electron chi connectivity index (χ1n) is 35.5. The minimum atomic E-state index is -0.574. The van der Waals surface area contributed by atoms with Gasteiger partial charge in [-0.05, 0) is 225 Å². The Balaban J connectivity index is 0.746. The van der Waals surface area contributed by atoms with Gasteiger partial charge in [-0.15, -0.1) is 0 Å². The van der Waals surface area contributed by atoms with E-state index in [2.05, 4.69) is 389 Å². The number of allylic oxidation sites excluding steroid dienone is 6. The minimum Gasteiger partial charge on any atom is -0.312 e. The fraction of sp³-hybridized carbons (Fsp3) is 0.103. The average molecular weight is 1330 g/mol. The molecule has 2 aliphatic rings. The highest BCUT2D eigenvalue weighted by Crippen LogP contribution is 2.47. The van der Waals surface area contributed by atoms with Crippen LogP contribution >= 0.6 is 12.8 Å². The van der Waals surface area contributed by atoms with E-state index in [0.717, 1.165) is 73.6 Å². The van der Waals surface area contributed by atoms with Crippen LogP contribution in [0.15, 0.2) is 351 Å². The van der Waals surface area contributed by atoms with Crippen molar-refractivity contribution in [2.24, 2.45) is 5.92 Å². The van der Waals surface area contributed by atoms with Crippen molar-refractivity contribution in [2.45, 2.75) is 59.4 Å². The molecule has 4 nitrogen and oxygen atoms in total. The Labute approximate surface area is 605 Å². The van der Waals surface area contributed by atoms with E-state index in [1.807, 2.05) is 0 Å². The highest BCUT2D eigenvalue weighted by atomic mass is 32.1. The van der Waals surface area contributed by atoms with Crippen LogP contribution in [0.1, 0.15) is 77.3 Å². The van der Waals surface area contributed by atoms with Gasteiger partial charge in [-0.25, -0.2) is 0 Å². The lowest BCUT2D eigenvalue weighted by molar-refractivity contribution is 0.704. The molecular weight excluding hydrogens is 1250 g/mol. The van der Waals surface area contributed by atoms with Crippen molar-refractivity contribution in [3.63, 3.8) is 0 Å². The molecule has 2 atom stereocenters. The van der Waals surface area contributed by atoms with E-state index in [4.69, 9.17) is 12.8 Å². The molecule has 2 aliphatic carbocycles. The molecule has 0 radical (unpaired) electrons. The molecule has 102 heavy (non-hydrogen) atoms. The third-order valence-electron chi connectivity index (χ3n) is 21.2. The summed E-state index contributed by atoms with van der Waals surface area (Å²) in [7, 11) is 0. The highest BCUT2D eigenvalue weighted by molar-refractivity contribution is 7.78. The number of anilines is 2. The predicted octanol–water partition coefficient (Wildman–Crippen LogP) is 25.1. The van der Waals surface area contributed by atoms with Gasteiger partial charge in [0.25, 0.3) is 0 Å². The fourth-order valence-corrected chi connectivity index (χ4v) is 16.9. The smallest absolute Gasteiger partial charge is 0.0994 e. The van der Waals surface area contributed by atoms with Crippen molar-refractivity contribution in [3.8, 4) is 61.3 Å². The van der Waals surface area contributed by atoms with Crippen molar-refractivity contribution in [3.05, 3.63) is 401 Å². The predicted molar refractivity (Wildman–Crippen MR) is 435 cm³/mol. The van der Waals surface area contributed by atoms with E-state index in [0.29, 0.717) is 11.6 Å². The zero-order chi connectivity index (χ0) is 69.6. The number of aryl methyl sites for hydroxylation is 3. The second kappa shape index (κ2) is 27.5. The van der Waals surface area contributed by atoms with E-state index in [9.17, 15) is 5.41 Å². The van der Waals surface area contributed by atoms with Gasteiger partial charge in [-0.1, -0.05) is 298 Å². The van der Waals surface area contributed by atoms with Gasteiger partial charge in [0, 0.05) is 39.1 Å². The summed E-state index contributed by atoms with van der Waals surface area (Å²) in [6.07, 6.45) is 7.77. The van der Waals surface area contributed by atoms with E-state index < -0.39 is 11.5 Å². The molecule has 2 N–H and O–H groups in total. The largest absolute Gasteiger partial charge is 0.312 e. The van der Waals surface area contributed by atoms with E-state index in [1.54, 1.807) is 0 Å². The van der Waals surface area contributed by atoms with E-state index >= 15 is 0 Å². The summed E-state index contributed by atoms with van der Waals surface area (Å²) in [4.78, 5) is 2.26. The molecule has 0 amide bonds. The topological polar surface area (TPSA) is 44.0 Å². The maximum Gasteiger partial charge on any atom is 0.0994 e. The van der Waals surface area contributed by atoms with Crippen LogP contribution in [0.4, 0.5) is 11.4 Å². The number of nitrogens with zero attached hydrogens (tertiary/aromatic N) is 2. The molecule has 0 bridgehead atoms. The number of hydrogen-bond acceptors (Lipinski definition) is 4. The lowest BCUT2D eigenvalue weighted by atomic mass is 9.65. The molecule has 494 valence electrons. The summed E-state index contributed by atoms with van der Waals surface area (Å²) in [5, 5.41) is 12.5. The summed E-state index contributed by atoms with van der Waals surface area (Å²) in [6.45, 7) is 13.5. The lowest BCUT2D eigenvalue weighted by Crippen LogP contribution is -2.41. The zero-order valence-electron chi connectivity index (χ0n) is 58.5. The first-order valence-corrected chi connectivity index (χ1v) is 36.0. The van der Waals surface area contributed by atoms with Crippen LogP contribution in [0, 0.1) is 32.1 Å². The van der Waals surface area contributed by atoms with Gasteiger partial charge in [0.2, 0.25) is 0 Å². The molecule has 0 saturated heterocycles. The molecule has 0 spiro atoms. The molecule has 14 aromatic rings. The van der Waals surface area contributed by atoms with Crippen LogP contribution in [-0.2, 0) is 5.41 Å². The Bertz CT molecular complexity index is 5470. The first kappa shape index (κ1) is 65.0. The van der Waals surface area contributed by atoms with Crippen molar-refractivity contribution >= 4 is 62.9 Å². The summed E-state index contributed by atoms with van der Waals surface area (Å²) in [5.41, 5.74) is 33.6. The Morgan fingerprint density at radius 1 is 0.412 bits per heavy atom. The summed E-state index contributed by atoms with van der Waals surface area (Å²) in [5.74, 6) is 0.559. The van der Waals surface area contributed by atoms with Gasteiger partial charge in [0.15, 0.2) is 0 Å². The second-order valence-corrected chi connectivity index (χ2v) is 28.1. The van der Waals surface area contributed by atoms with Crippen LogP contribution in [0.25, 0.3) is 94.3 Å². The van der Waals surface area contributed by atoms with Crippen LogP contribution < -0.4 is 9.62 Å².